The number of nitrogens with zero attached hydrogens (tertiary/aromatic N) is 6. The van der Waals surface area contributed by atoms with Crippen molar-refractivity contribution in [1.82, 2.24) is 24.4 Å². The minimum absolute atomic E-state index is 0.100. The van der Waals surface area contributed by atoms with Gasteiger partial charge in [-0.05, 0) is 78.4 Å². The molecule has 1 saturated heterocycles. The summed E-state index contributed by atoms with van der Waals surface area (Å²) >= 11 is 0. The first-order chi connectivity index (χ1) is 22.4. The number of anilines is 2. The first-order valence-electron chi connectivity index (χ1n) is 15.3. The fourth-order valence-electron chi connectivity index (χ4n) is 6.32. The zero-order valence-corrected chi connectivity index (χ0v) is 25.7. The summed E-state index contributed by atoms with van der Waals surface area (Å²) in [6.07, 6.45) is 5.96. The molecule has 4 N–H and O–H groups in total. The maximum atomic E-state index is 9.89. The summed E-state index contributed by atoms with van der Waals surface area (Å²) < 4.78 is 7.75. The lowest BCUT2D eigenvalue weighted by Gasteiger charge is -2.17. The highest BCUT2D eigenvalue weighted by atomic mass is 16.4. The van der Waals surface area contributed by atoms with Crippen molar-refractivity contribution in [3.05, 3.63) is 95.4 Å². The number of pyridine rings is 3. The van der Waals surface area contributed by atoms with Crippen molar-refractivity contribution in [2.75, 3.05) is 25.0 Å². The number of likely N-dealkylation sites (tertiary alicyclic amines) is 1. The Kier molecular flexibility index (Phi) is 7.95. The molecule has 234 valence electrons. The predicted octanol–water partition coefficient (Wildman–Crippen LogP) is 5.12. The van der Waals surface area contributed by atoms with Gasteiger partial charge in [-0.3, -0.25) is 9.88 Å². The fourth-order valence-corrected chi connectivity index (χ4v) is 6.32. The normalized spacial score (nSPS) is 15.7. The summed E-state index contributed by atoms with van der Waals surface area (Å²) in [5.41, 5.74) is 8.90. The van der Waals surface area contributed by atoms with E-state index in [2.05, 4.69) is 45.5 Å². The molecule has 11 nitrogen and oxygen atoms in total. The zero-order chi connectivity index (χ0) is 31.8. The van der Waals surface area contributed by atoms with Crippen molar-refractivity contribution in [2.45, 2.75) is 39.5 Å². The van der Waals surface area contributed by atoms with Crippen molar-refractivity contribution in [2.24, 2.45) is 5.16 Å². The van der Waals surface area contributed by atoms with E-state index in [1.165, 1.54) is 0 Å². The quantitative estimate of drug-likeness (QED) is 0.135. The molecule has 46 heavy (non-hydrogen) atoms. The van der Waals surface area contributed by atoms with Crippen molar-refractivity contribution in [3.8, 4) is 22.6 Å². The van der Waals surface area contributed by atoms with Crippen LogP contribution in [0, 0.1) is 13.8 Å². The number of aliphatic hydroxyl groups excluding tert-OH is 2. The summed E-state index contributed by atoms with van der Waals surface area (Å²) in [5, 5.41) is 36.9. The Morgan fingerprint density at radius 2 is 1.80 bits per heavy atom. The second-order valence-corrected chi connectivity index (χ2v) is 11.7. The Labute approximate surface area is 265 Å². The molecule has 0 saturated carbocycles. The van der Waals surface area contributed by atoms with Gasteiger partial charge in [-0.1, -0.05) is 29.4 Å². The van der Waals surface area contributed by atoms with Gasteiger partial charge in [-0.25, -0.2) is 9.97 Å². The minimum Gasteiger partial charge on any atom is -0.436 e. The predicted molar refractivity (Wildman–Crippen MR) is 176 cm³/mol. The van der Waals surface area contributed by atoms with Crippen LogP contribution < -0.4 is 10.8 Å². The molecule has 1 aliphatic heterocycles. The van der Waals surface area contributed by atoms with Gasteiger partial charge in [0.1, 0.15) is 5.52 Å². The van der Waals surface area contributed by atoms with Gasteiger partial charge in [0.05, 0.1) is 12.7 Å². The number of β-amino-alcohol motifs (C(OH)–C–C–N with tert-alkyl or cyclic N) is 1. The summed E-state index contributed by atoms with van der Waals surface area (Å²) in [7, 11) is 0. The smallest absolute Gasteiger partial charge is 0.227 e. The molecule has 11 heteroatoms. The van der Waals surface area contributed by atoms with Crippen LogP contribution in [0.15, 0.2) is 82.8 Å². The number of hydrogen-bond acceptors (Lipinski definition) is 10. The van der Waals surface area contributed by atoms with Crippen LogP contribution in [0.5, 0.6) is 0 Å². The van der Waals surface area contributed by atoms with Crippen LogP contribution >= 0.6 is 0 Å². The van der Waals surface area contributed by atoms with Gasteiger partial charge in [-0.2, -0.15) is 0 Å². The van der Waals surface area contributed by atoms with Crippen LogP contribution in [0.3, 0.4) is 0 Å². The van der Waals surface area contributed by atoms with E-state index in [0.29, 0.717) is 29.4 Å². The fraction of sp³-hybridized carbons (Fsp3) is 0.257. The average Bonchev–Trinajstić information content (AvgIpc) is 3.68. The van der Waals surface area contributed by atoms with Gasteiger partial charge in [0.2, 0.25) is 11.4 Å². The zero-order valence-electron chi connectivity index (χ0n) is 25.7. The van der Waals surface area contributed by atoms with E-state index in [9.17, 15) is 15.4 Å². The van der Waals surface area contributed by atoms with E-state index >= 15 is 0 Å². The monoisotopic (exact) mass is 617 g/mol. The molecule has 5 heterocycles. The van der Waals surface area contributed by atoms with E-state index in [0.717, 1.165) is 69.5 Å². The van der Waals surface area contributed by atoms with Crippen molar-refractivity contribution >= 4 is 33.5 Å². The maximum absolute atomic E-state index is 9.89. The van der Waals surface area contributed by atoms with Crippen LogP contribution in [0.4, 0.5) is 11.5 Å². The third-order valence-electron chi connectivity index (χ3n) is 8.73. The van der Waals surface area contributed by atoms with Gasteiger partial charge >= 0.3 is 0 Å². The van der Waals surface area contributed by atoms with Crippen LogP contribution in [-0.2, 0) is 13.1 Å². The van der Waals surface area contributed by atoms with Gasteiger partial charge in [0, 0.05) is 61.4 Å². The Balaban J connectivity index is 1.20. The lowest BCUT2D eigenvalue weighted by molar-refractivity contribution is 0.175. The third kappa shape index (κ3) is 5.49. The average molecular weight is 618 g/mol. The Morgan fingerprint density at radius 1 is 1.00 bits per heavy atom. The number of aromatic nitrogens is 4. The van der Waals surface area contributed by atoms with Gasteiger partial charge in [-0.15, -0.1) is 0 Å². The third-order valence-corrected chi connectivity index (χ3v) is 8.73. The molecule has 0 aliphatic carbocycles. The number of rotatable bonds is 8. The lowest BCUT2D eigenvalue weighted by Crippen LogP contribution is -2.22. The van der Waals surface area contributed by atoms with E-state index in [-0.39, 0.29) is 24.7 Å². The lowest BCUT2D eigenvalue weighted by atomic mass is 9.93. The van der Waals surface area contributed by atoms with Crippen LogP contribution in [-0.4, -0.2) is 65.6 Å². The number of benzene rings is 2. The summed E-state index contributed by atoms with van der Waals surface area (Å²) in [6, 6.07) is 18.0. The number of oxazole rings is 1. The molecule has 1 aliphatic rings. The minimum atomic E-state index is -0.248. The highest BCUT2D eigenvalue weighted by Crippen LogP contribution is 2.37. The first kappa shape index (κ1) is 29.6. The molecule has 0 radical (unpaired) electrons. The van der Waals surface area contributed by atoms with Gasteiger partial charge in [0.25, 0.3) is 0 Å². The van der Waals surface area contributed by atoms with Crippen molar-refractivity contribution < 1.29 is 19.8 Å². The maximum Gasteiger partial charge on any atom is 0.227 e. The SMILES string of the molecule is Cc1c(Nc2nccc3cc(CN4CCC(O)C4)cnc23)cccc1-c1cccc(-c2nc3/c(=N\O)n(CCO)ccc3o2)c1C. The molecule has 0 spiro atoms. The second-order valence-electron chi connectivity index (χ2n) is 11.7. The molecule has 7 rings (SSSR count). The molecular formula is C35H35N7O4. The van der Waals surface area contributed by atoms with Gasteiger partial charge in [0.15, 0.2) is 16.9 Å². The molecular weight excluding hydrogens is 582 g/mol. The molecule has 1 unspecified atom stereocenters. The molecule has 0 bridgehead atoms. The summed E-state index contributed by atoms with van der Waals surface area (Å²) in [6.45, 7) is 6.64. The first-order valence-corrected chi connectivity index (χ1v) is 15.3. The van der Waals surface area contributed by atoms with Crippen molar-refractivity contribution in [3.63, 3.8) is 0 Å². The standard InChI is InChI=1S/C35H35N7O4/c1-21-26(5-3-7-28(21)35-39-32-30(46-35)11-14-42(15-16-43)34(32)40-45)27-6-4-8-29(22(27)2)38-33-31-24(9-12-36-33)17-23(18-37-31)19-41-13-10-25(44)20-41/h3-9,11-12,14,17-18,25,43-45H,10,13,15-16,19-20H2,1-2H3,(H,36,38)/b40-34+. The summed E-state index contributed by atoms with van der Waals surface area (Å²) in [5.74, 6) is 1.10. The molecule has 1 atom stereocenters. The van der Waals surface area contributed by atoms with Gasteiger partial charge < -0.3 is 29.7 Å². The number of hydrogen-bond donors (Lipinski definition) is 4. The summed E-state index contributed by atoms with van der Waals surface area (Å²) in [4.78, 5) is 16.4. The van der Waals surface area contributed by atoms with E-state index in [1.807, 2.05) is 43.5 Å². The Morgan fingerprint density at radius 3 is 2.59 bits per heavy atom. The Bertz CT molecular complexity index is 2140. The highest BCUT2D eigenvalue weighted by molar-refractivity contribution is 5.91. The molecule has 0 amide bonds. The highest BCUT2D eigenvalue weighted by Gasteiger charge is 2.21. The largest absolute Gasteiger partial charge is 0.436 e. The molecule has 6 aromatic rings. The number of nitrogens with one attached hydrogen (secondary N) is 1. The van der Waals surface area contributed by atoms with Crippen LogP contribution in [0.2, 0.25) is 0 Å². The van der Waals surface area contributed by atoms with Crippen molar-refractivity contribution in [1.29, 1.82) is 0 Å². The number of aliphatic hydroxyl groups is 2. The Hall–Kier alpha value is -5.10. The van der Waals surface area contributed by atoms with E-state index < -0.39 is 0 Å². The molecule has 2 aromatic carbocycles. The molecule has 4 aromatic heterocycles. The van der Waals surface area contributed by atoms with E-state index in [4.69, 9.17) is 14.4 Å². The second kappa shape index (κ2) is 12.4. The van der Waals surface area contributed by atoms with Crippen LogP contribution in [0.25, 0.3) is 44.6 Å². The van der Waals surface area contributed by atoms with E-state index in [1.54, 1.807) is 23.0 Å². The molecule has 1 fully saturated rings. The number of fused-ring (bicyclic) bond motifs is 2. The topological polar surface area (TPSA) is 145 Å². The van der Waals surface area contributed by atoms with Crippen LogP contribution in [0.1, 0.15) is 23.1 Å².